The van der Waals surface area contributed by atoms with E-state index in [-0.39, 0.29) is 12.4 Å². The lowest BCUT2D eigenvalue weighted by atomic mass is 9.89. The zero-order valence-corrected chi connectivity index (χ0v) is 14.9. The predicted octanol–water partition coefficient (Wildman–Crippen LogP) is 1.42. The molecule has 7 heteroatoms. The average Bonchev–Trinajstić information content (AvgIpc) is 2.95. The van der Waals surface area contributed by atoms with Crippen molar-refractivity contribution in [2.45, 2.75) is 20.3 Å². The van der Waals surface area contributed by atoms with E-state index in [9.17, 15) is 0 Å². The summed E-state index contributed by atoms with van der Waals surface area (Å²) < 4.78 is 5.47. The minimum Gasteiger partial charge on any atom is -0.478 e. The zero-order chi connectivity index (χ0) is 15.4. The second-order valence-corrected chi connectivity index (χ2v) is 6.63. The molecule has 0 amide bonds. The molecule has 3 heterocycles. The maximum Gasteiger partial charge on any atom is 0.228 e. The summed E-state index contributed by atoms with van der Waals surface area (Å²) in [6, 6.07) is 1.82. The zero-order valence-electron chi connectivity index (χ0n) is 14.1. The van der Waals surface area contributed by atoms with Gasteiger partial charge < -0.3 is 15.0 Å². The van der Waals surface area contributed by atoms with Crippen molar-refractivity contribution in [3.05, 3.63) is 12.3 Å². The SMILES string of the molecule is CCOc1ccnc(N2CCN(CC3(C)CCNC3)CC2)n1.Cl. The van der Waals surface area contributed by atoms with Gasteiger partial charge in [0.25, 0.3) is 0 Å². The van der Waals surface area contributed by atoms with Gasteiger partial charge in [-0.15, -0.1) is 12.4 Å². The molecule has 2 fully saturated rings. The van der Waals surface area contributed by atoms with E-state index in [1.807, 2.05) is 13.0 Å². The molecule has 0 bridgehead atoms. The Balaban J connectivity index is 0.00000192. The van der Waals surface area contributed by atoms with Crippen LogP contribution < -0.4 is 15.0 Å². The maximum absolute atomic E-state index is 5.47. The minimum atomic E-state index is 0. The third kappa shape index (κ3) is 4.68. The van der Waals surface area contributed by atoms with Crippen molar-refractivity contribution in [1.29, 1.82) is 0 Å². The molecule has 0 aliphatic carbocycles. The molecule has 2 aliphatic rings. The molecule has 1 aromatic heterocycles. The molecule has 23 heavy (non-hydrogen) atoms. The first kappa shape index (κ1) is 18.2. The summed E-state index contributed by atoms with van der Waals surface area (Å²) >= 11 is 0. The van der Waals surface area contributed by atoms with Gasteiger partial charge in [-0.3, -0.25) is 4.90 Å². The first-order valence-electron chi connectivity index (χ1n) is 8.32. The van der Waals surface area contributed by atoms with Crippen LogP contribution in [0.5, 0.6) is 5.88 Å². The molecule has 130 valence electrons. The number of nitrogens with zero attached hydrogens (tertiary/aromatic N) is 4. The molecule has 2 saturated heterocycles. The van der Waals surface area contributed by atoms with Crippen LogP contribution >= 0.6 is 12.4 Å². The number of hydrogen-bond acceptors (Lipinski definition) is 6. The van der Waals surface area contributed by atoms with Crippen molar-refractivity contribution >= 4 is 18.4 Å². The van der Waals surface area contributed by atoms with Gasteiger partial charge in [-0.05, 0) is 25.3 Å². The highest BCUT2D eigenvalue weighted by Crippen LogP contribution is 2.26. The quantitative estimate of drug-likeness (QED) is 0.874. The van der Waals surface area contributed by atoms with Crippen LogP contribution in [-0.4, -0.2) is 67.3 Å². The minimum absolute atomic E-state index is 0. The largest absolute Gasteiger partial charge is 0.478 e. The second-order valence-electron chi connectivity index (χ2n) is 6.63. The standard InChI is InChI=1S/C16H27N5O.ClH/c1-3-22-14-4-6-18-15(19-14)21-10-8-20(9-11-21)13-16(2)5-7-17-12-16;/h4,6,17H,3,5,7-13H2,1-2H3;1H. The van der Waals surface area contributed by atoms with Crippen LogP contribution in [0.25, 0.3) is 0 Å². The van der Waals surface area contributed by atoms with Crippen molar-refractivity contribution in [2.24, 2.45) is 5.41 Å². The fraction of sp³-hybridized carbons (Fsp3) is 0.750. The molecule has 1 unspecified atom stereocenters. The number of nitrogens with one attached hydrogen (secondary N) is 1. The Morgan fingerprint density at radius 2 is 2.09 bits per heavy atom. The smallest absolute Gasteiger partial charge is 0.228 e. The van der Waals surface area contributed by atoms with E-state index in [1.54, 1.807) is 6.20 Å². The molecule has 0 spiro atoms. The molecular formula is C16H28ClN5O. The molecule has 1 N–H and O–H groups in total. The Labute approximate surface area is 145 Å². The van der Waals surface area contributed by atoms with Crippen LogP contribution in [0.1, 0.15) is 20.3 Å². The summed E-state index contributed by atoms with van der Waals surface area (Å²) in [6.45, 7) is 12.6. The molecule has 6 nitrogen and oxygen atoms in total. The van der Waals surface area contributed by atoms with Crippen LogP contribution in [0.4, 0.5) is 5.95 Å². The van der Waals surface area contributed by atoms with E-state index in [2.05, 4.69) is 32.0 Å². The van der Waals surface area contributed by atoms with Crippen molar-refractivity contribution in [3.8, 4) is 5.88 Å². The molecule has 0 radical (unpaired) electrons. The van der Waals surface area contributed by atoms with Crippen molar-refractivity contribution in [2.75, 3.05) is 57.3 Å². The molecule has 1 aromatic rings. The Bertz CT molecular complexity index is 487. The lowest BCUT2D eigenvalue weighted by Gasteiger charge is -2.38. The topological polar surface area (TPSA) is 53.5 Å². The van der Waals surface area contributed by atoms with Gasteiger partial charge in [0.15, 0.2) is 0 Å². The van der Waals surface area contributed by atoms with E-state index in [0.29, 0.717) is 17.9 Å². The van der Waals surface area contributed by atoms with E-state index in [4.69, 9.17) is 4.74 Å². The Morgan fingerprint density at radius 3 is 2.74 bits per heavy atom. The number of rotatable bonds is 5. The van der Waals surface area contributed by atoms with Crippen molar-refractivity contribution in [1.82, 2.24) is 20.2 Å². The highest BCUT2D eigenvalue weighted by molar-refractivity contribution is 5.85. The number of aromatic nitrogens is 2. The average molecular weight is 342 g/mol. The summed E-state index contributed by atoms with van der Waals surface area (Å²) in [4.78, 5) is 13.7. The molecule has 2 aliphatic heterocycles. The lowest BCUT2D eigenvalue weighted by molar-refractivity contribution is 0.169. The normalized spacial score (nSPS) is 25.2. The Morgan fingerprint density at radius 1 is 1.30 bits per heavy atom. The first-order chi connectivity index (χ1) is 10.7. The van der Waals surface area contributed by atoms with Gasteiger partial charge in [-0.25, -0.2) is 4.98 Å². The summed E-state index contributed by atoms with van der Waals surface area (Å²) in [5.41, 5.74) is 0.438. The fourth-order valence-electron chi connectivity index (χ4n) is 3.36. The number of anilines is 1. The highest BCUT2D eigenvalue weighted by atomic mass is 35.5. The molecule has 1 atom stereocenters. The van der Waals surface area contributed by atoms with Gasteiger partial charge in [0.1, 0.15) is 0 Å². The highest BCUT2D eigenvalue weighted by Gasteiger charge is 2.32. The number of hydrogen-bond donors (Lipinski definition) is 1. The van der Waals surface area contributed by atoms with Crippen LogP contribution in [0.15, 0.2) is 12.3 Å². The third-order valence-corrected chi connectivity index (χ3v) is 4.63. The van der Waals surface area contributed by atoms with Gasteiger partial charge >= 0.3 is 0 Å². The third-order valence-electron chi connectivity index (χ3n) is 4.63. The van der Waals surface area contributed by atoms with Crippen LogP contribution in [0.2, 0.25) is 0 Å². The maximum atomic E-state index is 5.47. The monoisotopic (exact) mass is 341 g/mol. The van der Waals surface area contributed by atoms with E-state index in [0.717, 1.165) is 45.2 Å². The van der Waals surface area contributed by atoms with Crippen molar-refractivity contribution < 1.29 is 4.74 Å². The summed E-state index contributed by atoms with van der Waals surface area (Å²) in [5.74, 6) is 1.46. The Kier molecular flexibility index (Phi) is 6.44. The summed E-state index contributed by atoms with van der Waals surface area (Å²) in [7, 11) is 0. The lowest BCUT2D eigenvalue weighted by Crippen LogP contribution is -2.50. The van der Waals surface area contributed by atoms with Crippen LogP contribution in [0.3, 0.4) is 0 Å². The molecule has 0 aromatic carbocycles. The van der Waals surface area contributed by atoms with Gasteiger partial charge in [-0.2, -0.15) is 4.98 Å². The number of ether oxygens (including phenoxy) is 1. The van der Waals surface area contributed by atoms with Crippen molar-refractivity contribution in [3.63, 3.8) is 0 Å². The van der Waals surface area contributed by atoms with Gasteiger partial charge in [0, 0.05) is 51.5 Å². The fourth-order valence-corrected chi connectivity index (χ4v) is 3.36. The van der Waals surface area contributed by atoms with Gasteiger partial charge in [-0.1, -0.05) is 6.92 Å². The summed E-state index contributed by atoms with van der Waals surface area (Å²) in [6.07, 6.45) is 3.07. The molecule has 0 saturated carbocycles. The second kappa shape index (κ2) is 8.13. The van der Waals surface area contributed by atoms with Gasteiger partial charge in [0.2, 0.25) is 11.8 Å². The van der Waals surface area contributed by atoms with E-state index >= 15 is 0 Å². The number of halogens is 1. The summed E-state index contributed by atoms with van der Waals surface area (Å²) in [5, 5.41) is 3.48. The number of piperazine rings is 1. The van der Waals surface area contributed by atoms with Gasteiger partial charge in [0.05, 0.1) is 6.61 Å². The van der Waals surface area contributed by atoms with E-state index in [1.165, 1.54) is 13.0 Å². The van der Waals surface area contributed by atoms with Crippen LogP contribution in [0, 0.1) is 5.41 Å². The molecule has 3 rings (SSSR count). The Hall–Kier alpha value is -1.11. The first-order valence-corrected chi connectivity index (χ1v) is 8.32. The predicted molar refractivity (Wildman–Crippen MR) is 94.7 cm³/mol. The molecular weight excluding hydrogens is 314 g/mol. The van der Waals surface area contributed by atoms with E-state index < -0.39 is 0 Å². The van der Waals surface area contributed by atoms with Crippen LogP contribution in [-0.2, 0) is 0 Å².